The van der Waals surface area contributed by atoms with E-state index in [9.17, 15) is 0 Å². The largest absolute Gasteiger partial charge is 0.493 e. The van der Waals surface area contributed by atoms with Crippen molar-refractivity contribution in [3.05, 3.63) is 48.5 Å². The number of hydrogen-bond donors (Lipinski definition) is 1. The van der Waals surface area contributed by atoms with Crippen molar-refractivity contribution in [2.45, 2.75) is 6.42 Å². The number of halogens is 2. The zero-order valence-corrected chi connectivity index (χ0v) is 18.8. The van der Waals surface area contributed by atoms with E-state index in [-0.39, 0.29) is 24.8 Å². The molecule has 4 aromatic rings. The van der Waals surface area contributed by atoms with Crippen molar-refractivity contribution in [1.29, 1.82) is 0 Å². The minimum absolute atomic E-state index is 0. The fourth-order valence-corrected chi connectivity index (χ4v) is 3.23. The summed E-state index contributed by atoms with van der Waals surface area (Å²) in [6.45, 7) is 1.86. The molecule has 6 nitrogen and oxygen atoms in total. The van der Waals surface area contributed by atoms with Crippen molar-refractivity contribution < 1.29 is 9.15 Å². The van der Waals surface area contributed by atoms with E-state index in [0.29, 0.717) is 22.9 Å². The summed E-state index contributed by atoms with van der Waals surface area (Å²) in [7, 11) is 5.79. The zero-order chi connectivity index (χ0) is 19.5. The smallest absolute Gasteiger partial charge is 0.198 e. The van der Waals surface area contributed by atoms with Gasteiger partial charge in [-0.25, -0.2) is 9.97 Å². The summed E-state index contributed by atoms with van der Waals surface area (Å²) in [6.07, 6.45) is 1.03. The topological polar surface area (TPSA) is 63.4 Å². The lowest BCUT2D eigenvalue weighted by molar-refractivity contribution is 0.405. The molecule has 0 amide bonds. The van der Waals surface area contributed by atoms with Crippen LogP contribution in [0.2, 0.25) is 0 Å². The number of hydrogen-bond acceptors (Lipinski definition) is 6. The van der Waals surface area contributed by atoms with E-state index in [1.165, 1.54) is 0 Å². The Balaban J connectivity index is 0.00000160. The van der Waals surface area contributed by atoms with Gasteiger partial charge in [0.05, 0.1) is 12.6 Å². The number of nitrogens with one attached hydrogen (secondary N) is 1. The first-order valence-electron chi connectivity index (χ1n) is 9.38. The summed E-state index contributed by atoms with van der Waals surface area (Å²) < 4.78 is 11.5. The van der Waals surface area contributed by atoms with E-state index in [0.717, 1.165) is 41.6 Å². The highest BCUT2D eigenvalue weighted by Crippen LogP contribution is 2.33. The SMILES string of the molecule is COc1cccc2cc(-c3nc(NCCCN(C)C)c4ccccc4n3)oc12.Cl.Cl. The summed E-state index contributed by atoms with van der Waals surface area (Å²) in [4.78, 5) is 11.7. The van der Waals surface area contributed by atoms with Crippen LogP contribution in [0.4, 0.5) is 5.82 Å². The van der Waals surface area contributed by atoms with Crippen LogP contribution in [0.15, 0.2) is 52.9 Å². The molecule has 0 radical (unpaired) electrons. The minimum Gasteiger partial charge on any atom is -0.493 e. The van der Waals surface area contributed by atoms with Crippen LogP contribution in [-0.4, -0.2) is 49.2 Å². The van der Waals surface area contributed by atoms with Crippen molar-refractivity contribution in [1.82, 2.24) is 14.9 Å². The molecule has 2 heterocycles. The van der Waals surface area contributed by atoms with Gasteiger partial charge in [0.25, 0.3) is 0 Å². The van der Waals surface area contributed by atoms with Crippen LogP contribution >= 0.6 is 24.8 Å². The molecule has 0 saturated heterocycles. The normalized spacial score (nSPS) is 10.7. The molecule has 8 heteroatoms. The van der Waals surface area contributed by atoms with Crippen LogP contribution in [0, 0.1) is 0 Å². The van der Waals surface area contributed by atoms with Crippen molar-refractivity contribution >= 4 is 52.5 Å². The Morgan fingerprint density at radius 1 is 1.03 bits per heavy atom. The fourth-order valence-electron chi connectivity index (χ4n) is 3.23. The Morgan fingerprint density at radius 2 is 1.83 bits per heavy atom. The Kier molecular flexibility index (Phi) is 8.29. The van der Waals surface area contributed by atoms with Gasteiger partial charge in [0.15, 0.2) is 22.9 Å². The van der Waals surface area contributed by atoms with Gasteiger partial charge in [-0.1, -0.05) is 24.3 Å². The van der Waals surface area contributed by atoms with Gasteiger partial charge in [-0.3, -0.25) is 0 Å². The molecule has 0 bridgehead atoms. The number of furan rings is 1. The number of anilines is 1. The number of methoxy groups -OCH3 is 1. The molecule has 160 valence electrons. The second kappa shape index (κ2) is 10.5. The van der Waals surface area contributed by atoms with Crippen molar-refractivity contribution in [3.63, 3.8) is 0 Å². The fraction of sp³-hybridized carbons (Fsp3) is 0.273. The summed E-state index contributed by atoms with van der Waals surface area (Å²) in [5, 5.41) is 5.43. The number of rotatable bonds is 7. The highest BCUT2D eigenvalue weighted by Gasteiger charge is 2.15. The third-order valence-electron chi connectivity index (χ3n) is 4.63. The summed E-state index contributed by atoms with van der Waals surface area (Å²) in [5.74, 6) is 2.71. The zero-order valence-electron chi connectivity index (χ0n) is 17.2. The standard InChI is InChI=1S/C22H24N4O2.2ClH/c1-26(2)13-7-12-23-21-16-9-4-5-10-17(16)24-22(25-21)19-14-15-8-6-11-18(27-3)20(15)28-19;;/h4-6,8-11,14H,7,12-13H2,1-3H3,(H,23,24,25);2*1H. The van der Waals surface area contributed by atoms with Gasteiger partial charge in [-0.15, -0.1) is 24.8 Å². The van der Waals surface area contributed by atoms with Gasteiger partial charge in [-0.05, 0) is 51.3 Å². The maximum Gasteiger partial charge on any atom is 0.198 e. The van der Waals surface area contributed by atoms with Crippen molar-refractivity contribution in [2.75, 3.05) is 39.6 Å². The van der Waals surface area contributed by atoms with E-state index < -0.39 is 0 Å². The molecule has 0 aliphatic heterocycles. The molecule has 2 aromatic heterocycles. The molecule has 0 atom stereocenters. The highest BCUT2D eigenvalue weighted by molar-refractivity contribution is 5.91. The first kappa shape index (κ1) is 23.7. The van der Waals surface area contributed by atoms with Crippen molar-refractivity contribution in [3.8, 4) is 17.3 Å². The predicted molar refractivity (Wildman–Crippen MR) is 127 cm³/mol. The van der Waals surface area contributed by atoms with Gasteiger partial charge in [-0.2, -0.15) is 0 Å². The van der Waals surface area contributed by atoms with E-state index in [1.54, 1.807) is 7.11 Å². The second-order valence-electron chi connectivity index (χ2n) is 6.99. The van der Waals surface area contributed by atoms with E-state index in [2.05, 4.69) is 24.3 Å². The molecule has 30 heavy (non-hydrogen) atoms. The molecule has 2 aromatic carbocycles. The molecule has 0 spiro atoms. The van der Waals surface area contributed by atoms with Crippen LogP contribution < -0.4 is 10.1 Å². The maximum absolute atomic E-state index is 6.05. The van der Waals surface area contributed by atoms with Gasteiger partial charge in [0.2, 0.25) is 0 Å². The highest BCUT2D eigenvalue weighted by atomic mass is 35.5. The Morgan fingerprint density at radius 3 is 2.60 bits per heavy atom. The first-order chi connectivity index (χ1) is 13.7. The lowest BCUT2D eigenvalue weighted by Gasteiger charge is -2.12. The van der Waals surface area contributed by atoms with Crippen molar-refractivity contribution in [2.24, 2.45) is 0 Å². The first-order valence-corrected chi connectivity index (χ1v) is 9.38. The Hall–Kier alpha value is -2.54. The van der Waals surface area contributed by atoms with Crippen LogP contribution in [0.25, 0.3) is 33.5 Å². The van der Waals surface area contributed by atoms with Crippen LogP contribution in [-0.2, 0) is 0 Å². The van der Waals surface area contributed by atoms with Gasteiger partial charge < -0.3 is 19.4 Å². The number of nitrogens with zero attached hydrogens (tertiary/aromatic N) is 3. The third kappa shape index (κ3) is 4.95. The number of para-hydroxylation sites is 2. The summed E-state index contributed by atoms with van der Waals surface area (Å²) in [6, 6.07) is 15.8. The molecule has 4 rings (SSSR count). The maximum atomic E-state index is 6.05. The molecular formula is C22H26Cl2N4O2. The van der Waals surface area contributed by atoms with Crippen LogP contribution in [0.5, 0.6) is 5.75 Å². The van der Waals surface area contributed by atoms with Gasteiger partial charge >= 0.3 is 0 Å². The number of aromatic nitrogens is 2. The van der Waals surface area contributed by atoms with E-state index >= 15 is 0 Å². The molecule has 0 aliphatic rings. The lowest BCUT2D eigenvalue weighted by atomic mass is 10.2. The molecule has 0 fully saturated rings. The van der Waals surface area contributed by atoms with Gasteiger partial charge in [0.1, 0.15) is 5.82 Å². The monoisotopic (exact) mass is 448 g/mol. The molecule has 0 aliphatic carbocycles. The third-order valence-corrected chi connectivity index (χ3v) is 4.63. The second-order valence-corrected chi connectivity index (χ2v) is 6.99. The minimum atomic E-state index is 0. The molecular weight excluding hydrogens is 423 g/mol. The summed E-state index contributed by atoms with van der Waals surface area (Å²) >= 11 is 0. The van der Waals surface area contributed by atoms with E-state index in [1.807, 2.05) is 48.5 Å². The molecule has 0 unspecified atom stereocenters. The van der Waals surface area contributed by atoms with Crippen LogP contribution in [0.3, 0.4) is 0 Å². The number of benzene rings is 2. The Labute approximate surface area is 188 Å². The van der Waals surface area contributed by atoms with E-state index in [4.69, 9.17) is 19.1 Å². The molecule has 1 N–H and O–H groups in total. The molecule has 0 saturated carbocycles. The Bertz CT molecular complexity index is 1110. The number of ether oxygens (including phenoxy) is 1. The lowest BCUT2D eigenvalue weighted by Crippen LogP contribution is -2.16. The quantitative estimate of drug-likeness (QED) is 0.389. The average molecular weight is 449 g/mol. The average Bonchev–Trinajstić information content (AvgIpc) is 3.15. The summed E-state index contributed by atoms with van der Waals surface area (Å²) in [5.41, 5.74) is 1.59. The predicted octanol–water partition coefficient (Wildman–Crippen LogP) is 5.26. The van der Waals surface area contributed by atoms with Crippen LogP contribution in [0.1, 0.15) is 6.42 Å². The van der Waals surface area contributed by atoms with Gasteiger partial charge in [0, 0.05) is 17.3 Å². The number of fused-ring (bicyclic) bond motifs is 2.